The van der Waals surface area contributed by atoms with E-state index in [1.807, 2.05) is 42.9 Å². The van der Waals surface area contributed by atoms with Crippen molar-refractivity contribution in [2.75, 3.05) is 11.9 Å². The number of nitrogens with one attached hydrogen (secondary N) is 1. The van der Waals surface area contributed by atoms with Crippen LogP contribution in [0.4, 0.5) is 5.69 Å². The van der Waals surface area contributed by atoms with E-state index in [-0.39, 0.29) is 18.3 Å². The molecular weight excluding hydrogens is 312 g/mol. The molecule has 1 heterocycles. The molecule has 1 amide bonds. The number of rotatable bonds is 6. The third-order valence-electron chi connectivity index (χ3n) is 4.54. The first kappa shape index (κ1) is 19.5. The Hall–Kier alpha value is -1.59. The van der Waals surface area contributed by atoms with E-state index in [1.165, 1.54) is 0 Å². The zero-order chi connectivity index (χ0) is 16.3. The van der Waals surface area contributed by atoms with Gasteiger partial charge in [0.25, 0.3) is 0 Å². The average molecular weight is 339 g/mol. The lowest BCUT2D eigenvalue weighted by Gasteiger charge is -2.28. The second-order valence-corrected chi connectivity index (χ2v) is 6.12. The Labute approximate surface area is 144 Å². The van der Waals surface area contributed by atoms with E-state index < -0.39 is 5.41 Å². The van der Waals surface area contributed by atoms with Crippen LogP contribution < -0.4 is 11.1 Å². The maximum atomic E-state index is 12.6. The normalized spacial score (nSPS) is 11.6. The predicted molar refractivity (Wildman–Crippen MR) is 98.1 cm³/mol. The molecule has 1 aromatic heterocycles. The summed E-state index contributed by atoms with van der Waals surface area (Å²) in [5.41, 5.74) is 7.07. The average Bonchev–Trinajstić information content (AvgIpc) is 2.93. The summed E-state index contributed by atoms with van der Waals surface area (Å²) >= 11 is 0. The molecule has 0 saturated carbocycles. The minimum atomic E-state index is -0.489. The zero-order valence-corrected chi connectivity index (χ0v) is 15.1. The lowest BCUT2D eigenvalue weighted by Crippen LogP contribution is -2.41. The third-order valence-corrected chi connectivity index (χ3v) is 4.54. The van der Waals surface area contributed by atoms with Crippen LogP contribution in [0, 0.1) is 5.41 Å². The van der Waals surface area contributed by atoms with Crippen molar-refractivity contribution in [3.63, 3.8) is 0 Å². The van der Waals surface area contributed by atoms with Gasteiger partial charge in [0.2, 0.25) is 5.91 Å². The molecule has 2 aromatic rings. The molecule has 0 atom stereocenters. The number of carbonyl (C=O) groups excluding carboxylic acids is 1. The van der Waals surface area contributed by atoms with Crippen LogP contribution in [0.5, 0.6) is 0 Å². The monoisotopic (exact) mass is 338 g/mol. The molecule has 0 bridgehead atoms. The van der Waals surface area contributed by atoms with Gasteiger partial charge in [0.15, 0.2) is 0 Å². The lowest BCUT2D eigenvalue weighted by molar-refractivity contribution is -0.125. The molecule has 5 nitrogen and oxygen atoms in total. The van der Waals surface area contributed by atoms with E-state index >= 15 is 0 Å². The Morgan fingerprint density at radius 2 is 2.00 bits per heavy atom. The highest BCUT2D eigenvalue weighted by molar-refractivity contribution is 5.97. The first-order valence-electron chi connectivity index (χ1n) is 7.96. The van der Waals surface area contributed by atoms with Gasteiger partial charge in [-0.1, -0.05) is 13.8 Å². The summed E-state index contributed by atoms with van der Waals surface area (Å²) in [5, 5.41) is 8.55. The number of carbonyl (C=O) groups is 1. The van der Waals surface area contributed by atoms with Gasteiger partial charge >= 0.3 is 0 Å². The maximum absolute atomic E-state index is 12.6. The van der Waals surface area contributed by atoms with E-state index in [9.17, 15) is 4.79 Å². The number of nitrogens with two attached hydrogens (primary N) is 1. The summed E-state index contributed by atoms with van der Waals surface area (Å²) < 4.78 is 1.93. The van der Waals surface area contributed by atoms with Gasteiger partial charge in [0.05, 0.1) is 10.9 Å². The van der Waals surface area contributed by atoms with Gasteiger partial charge in [-0.3, -0.25) is 9.48 Å². The summed E-state index contributed by atoms with van der Waals surface area (Å²) in [4.78, 5) is 12.6. The Morgan fingerprint density at radius 3 is 2.52 bits per heavy atom. The largest absolute Gasteiger partial charge is 0.329 e. The molecule has 0 fully saturated rings. The van der Waals surface area contributed by atoms with Gasteiger partial charge in [-0.25, -0.2) is 0 Å². The Bertz CT molecular complexity index is 653. The summed E-state index contributed by atoms with van der Waals surface area (Å²) in [6.07, 6.45) is 3.48. The van der Waals surface area contributed by atoms with Gasteiger partial charge < -0.3 is 11.1 Å². The van der Waals surface area contributed by atoms with Crippen molar-refractivity contribution in [1.82, 2.24) is 9.78 Å². The van der Waals surface area contributed by atoms with Gasteiger partial charge in [-0.15, -0.1) is 12.4 Å². The number of nitrogens with zero attached hydrogens (tertiary/aromatic N) is 2. The van der Waals surface area contributed by atoms with Crippen LogP contribution in [0.2, 0.25) is 0 Å². The summed E-state index contributed by atoms with van der Waals surface area (Å²) in [5.74, 6) is -0.00407. The fourth-order valence-corrected chi connectivity index (χ4v) is 2.60. The molecular formula is C17H27ClN4O. The van der Waals surface area contributed by atoms with Crippen molar-refractivity contribution >= 4 is 34.9 Å². The van der Waals surface area contributed by atoms with Gasteiger partial charge in [-0.2, -0.15) is 5.10 Å². The van der Waals surface area contributed by atoms with E-state index in [1.54, 1.807) is 0 Å². The quantitative estimate of drug-likeness (QED) is 0.842. The zero-order valence-electron chi connectivity index (χ0n) is 14.3. The van der Waals surface area contributed by atoms with Crippen LogP contribution in [0.1, 0.15) is 46.6 Å². The highest BCUT2D eigenvalue weighted by atomic mass is 35.5. The van der Waals surface area contributed by atoms with E-state index in [2.05, 4.69) is 24.3 Å². The smallest absolute Gasteiger partial charge is 0.231 e. The van der Waals surface area contributed by atoms with Crippen LogP contribution in [0.3, 0.4) is 0 Å². The lowest BCUT2D eigenvalue weighted by atomic mass is 9.81. The minimum Gasteiger partial charge on any atom is -0.329 e. The molecule has 0 spiro atoms. The molecule has 23 heavy (non-hydrogen) atoms. The summed E-state index contributed by atoms with van der Waals surface area (Å²) in [6, 6.07) is 6.11. The van der Waals surface area contributed by atoms with Crippen molar-refractivity contribution in [2.45, 2.75) is 46.6 Å². The van der Waals surface area contributed by atoms with E-state index in [0.717, 1.165) is 29.4 Å². The van der Waals surface area contributed by atoms with Gasteiger partial charge in [0.1, 0.15) is 0 Å². The molecule has 0 radical (unpaired) electrons. The molecule has 3 N–H and O–H groups in total. The predicted octanol–water partition coefficient (Wildman–Crippen LogP) is 3.74. The number of fused-ring (bicyclic) bond motifs is 1. The minimum absolute atomic E-state index is 0. The van der Waals surface area contributed by atoms with E-state index in [0.29, 0.717) is 12.6 Å². The highest BCUT2D eigenvalue weighted by Gasteiger charge is 2.33. The van der Waals surface area contributed by atoms with Crippen molar-refractivity contribution in [3.8, 4) is 0 Å². The van der Waals surface area contributed by atoms with Crippen LogP contribution in [0.25, 0.3) is 10.9 Å². The second kappa shape index (κ2) is 7.79. The topological polar surface area (TPSA) is 72.9 Å². The Morgan fingerprint density at radius 1 is 1.35 bits per heavy atom. The van der Waals surface area contributed by atoms with Crippen LogP contribution >= 0.6 is 12.4 Å². The van der Waals surface area contributed by atoms with E-state index in [4.69, 9.17) is 5.73 Å². The summed E-state index contributed by atoms with van der Waals surface area (Å²) in [7, 11) is 0. The van der Waals surface area contributed by atoms with Crippen molar-refractivity contribution in [2.24, 2.45) is 11.1 Å². The van der Waals surface area contributed by atoms with Crippen LogP contribution in [0.15, 0.2) is 24.4 Å². The van der Waals surface area contributed by atoms with Crippen molar-refractivity contribution in [1.29, 1.82) is 0 Å². The van der Waals surface area contributed by atoms with Crippen LogP contribution in [-0.2, 0) is 4.79 Å². The molecule has 0 aliphatic heterocycles. The molecule has 6 heteroatoms. The number of hydrogen-bond donors (Lipinski definition) is 2. The first-order chi connectivity index (χ1) is 10.5. The van der Waals surface area contributed by atoms with Crippen molar-refractivity contribution < 1.29 is 4.79 Å². The number of aromatic nitrogens is 2. The SMILES string of the molecule is CCC(CC)(CN)C(=O)Nc1ccc2nn(C(C)C)cc2c1.Cl. The Kier molecular flexibility index (Phi) is 6.59. The van der Waals surface area contributed by atoms with Crippen molar-refractivity contribution in [3.05, 3.63) is 24.4 Å². The first-order valence-corrected chi connectivity index (χ1v) is 7.96. The van der Waals surface area contributed by atoms with Gasteiger partial charge in [0, 0.05) is 29.9 Å². The number of halogens is 1. The molecule has 0 unspecified atom stereocenters. The fourth-order valence-electron chi connectivity index (χ4n) is 2.60. The highest BCUT2D eigenvalue weighted by Crippen LogP contribution is 2.28. The van der Waals surface area contributed by atoms with Gasteiger partial charge in [-0.05, 0) is 44.9 Å². The molecule has 128 valence electrons. The maximum Gasteiger partial charge on any atom is 0.231 e. The number of benzene rings is 1. The Balaban J connectivity index is 0.00000264. The molecule has 0 saturated heterocycles. The number of amides is 1. The molecule has 1 aromatic carbocycles. The third kappa shape index (κ3) is 3.85. The molecule has 0 aliphatic rings. The second-order valence-electron chi connectivity index (χ2n) is 6.12. The number of anilines is 1. The molecule has 2 rings (SSSR count). The standard InChI is InChI=1S/C17H26N4O.ClH/c1-5-17(6-2,11-18)16(22)19-14-7-8-15-13(9-14)10-21(20-15)12(3)4;/h7-10,12H,5-6,11,18H2,1-4H3,(H,19,22);1H. The van der Waals surface area contributed by atoms with Crippen LogP contribution in [-0.4, -0.2) is 22.2 Å². The molecule has 0 aliphatic carbocycles. The number of hydrogen-bond acceptors (Lipinski definition) is 3. The fraction of sp³-hybridized carbons (Fsp3) is 0.529. The summed E-state index contributed by atoms with van der Waals surface area (Å²) in [6.45, 7) is 8.55.